The standard InChI is InChI=1S/C36H39N3OS/c1-7-25-10-8-9-11-30(25)39-31-18-36(5,6)19-32(40)34(31)33(29(20-37)35(39)38)28-17-26(23(3)16-24(28)4)21-41-27-14-12-22(2)13-15-27/h8-17,33H,7,18-19,21,38H2,1-6H3. The fraction of sp³-hybridized carbons (Fsp3) is 0.333. The summed E-state index contributed by atoms with van der Waals surface area (Å²) in [6.07, 6.45) is 1.98. The van der Waals surface area contributed by atoms with Gasteiger partial charge in [0.2, 0.25) is 0 Å². The first-order valence-corrected chi connectivity index (χ1v) is 15.4. The van der Waals surface area contributed by atoms with E-state index in [-0.39, 0.29) is 11.2 Å². The van der Waals surface area contributed by atoms with E-state index in [9.17, 15) is 10.1 Å². The van der Waals surface area contributed by atoms with Gasteiger partial charge in [-0.05, 0) is 85.0 Å². The van der Waals surface area contributed by atoms with Crippen molar-refractivity contribution in [2.45, 2.75) is 77.4 Å². The van der Waals surface area contributed by atoms with Crippen molar-refractivity contribution in [1.29, 1.82) is 5.26 Å². The SMILES string of the molecule is CCc1ccccc1N1C(N)=C(C#N)C(c2cc(CSc3ccc(C)cc3)c(C)cc2C)C2=C1CC(C)(C)CC2=O. The predicted octanol–water partition coefficient (Wildman–Crippen LogP) is 8.41. The number of nitrogens with zero attached hydrogens (tertiary/aromatic N) is 2. The van der Waals surface area contributed by atoms with Gasteiger partial charge < -0.3 is 5.73 Å². The van der Waals surface area contributed by atoms with E-state index >= 15 is 0 Å². The Morgan fingerprint density at radius 2 is 1.71 bits per heavy atom. The third-order valence-corrected chi connectivity index (χ3v) is 9.51. The zero-order valence-corrected chi connectivity index (χ0v) is 25.8. The van der Waals surface area contributed by atoms with Crippen LogP contribution in [0.3, 0.4) is 0 Å². The van der Waals surface area contributed by atoms with Crippen molar-refractivity contribution in [2.24, 2.45) is 11.1 Å². The highest BCUT2D eigenvalue weighted by atomic mass is 32.2. The van der Waals surface area contributed by atoms with E-state index in [1.807, 2.05) is 17.0 Å². The van der Waals surface area contributed by atoms with Crippen LogP contribution in [0.1, 0.15) is 72.9 Å². The highest BCUT2D eigenvalue weighted by molar-refractivity contribution is 7.98. The fourth-order valence-electron chi connectivity index (χ4n) is 6.30. The van der Waals surface area contributed by atoms with Crippen molar-refractivity contribution in [3.05, 3.63) is 117 Å². The number of hydrogen-bond donors (Lipinski definition) is 1. The Kier molecular flexibility index (Phi) is 7.90. The first-order valence-electron chi connectivity index (χ1n) is 14.4. The number of rotatable bonds is 6. The lowest BCUT2D eigenvalue weighted by atomic mass is 9.68. The van der Waals surface area contributed by atoms with E-state index in [0.717, 1.165) is 45.8 Å². The number of carbonyl (C=O) groups is 1. The van der Waals surface area contributed by atoms with Gasteiger partial charge in [-0.15, -0.1) is 11.8 Å². The third-order valence-electron chi connectivity index (χ3n) is 8.45. The first-order chi connectivity index (χ1) is 19.5. The average Bonchev–Trinajstić information content (AvgIpc) is 2.92. The van der Waals surface area contributed by atoms with Gasteiger partial charge in [0.1, 0.15) is 5.82 Å². The molecule has 3 aromatic carbocycles. The van der Waals surface area contributed by atoms with Gasteiger partial charge in [-0.1, -0.05) is 68.8 Å². The zero-order valence-electron chi connectivity index (χ0n) is 25.0. The van der Waals surface area contributed by atoms with Crippen molar-refractivity contribution in [3.63, 3.8) is 0 Å². The van der Waals surface area contributed by atoms with Crippen molar-refractivity contribution in [1.82, 2.24) is 0 Å². The number of thioether (sulfide) groups is 1. The van der Waals surface area contributed by atoms with Gasteiger partial charge in [-0.25, -0.2) is 0 Å². The van der Waals surface area contributed by atoms with Gasteiger partial charge in [0.15, 0.2) is 5.78 Å². The molecule has 0 bridgehead atoms. The minimum absolute atomic E-state index is 0.107. The first kappa shape index (κ1) is 28.8. The number of hydrogen-bond acceptors (Lipinski definition) is 5. The molecule has 0 aromatic heterocycles. The Hall–Kier alpha value is -3.75. The van der Waals surface area contributed by atoms with Crippen LogP contribution in [0.4, 0.5) is 5.69 Å². The van der Waals surface area contributed by atoms with Crippen LogP contribution in [0.5, 0.6) is 0 Å². The molecule has 0 fully saturated rings. The number of benzene rings is 3. The molecule has 0 saturated heterocycles. The maximum atomic E-state index is 14.1. The van der Waals surface area contributed by atoms with Crippen molar-refractivity contribution < 1.29 is 4.79 Å². The summed E-state index contributed by atoms with van der Waals surface area (Å²) in [5.41, 5.74) is 16.7. The molecule has 1 unspecified atom stereocenters. The van der Waals surface area contributed by atoms with Crippen LogP contribution in [0.25, 0.3) is 0 Å². The molecule has 2 aliphatic rings. The summed E-state index contributed by atoms with van der Waals surface area (Å²) in [5.74, 6) is 0.861. The van der Waals surface area contributed by atoms with Gasteiger partial charge in [0.25, 0.3) is 0 Å². The molecule has 210 valence electrons. The van der Waals surface area contributed by atoms with E-state index in [1.165, 1.54) is 21.6 Å². The van der Waals surface area contributed by atoms with E-state index < -0.39 is 5.92 Å². The fourth-order valence-corrected chi connectivity index (χ4v) is 7.26. The number of anilines is 1. The lowest BCUT2D eigenvalue weighted by molar-refractivity contribution is -0.118. The molecular weight excluding hydrogens is 522 g/mol. The number of carbonyl (C=O) groups excluding carboxylic acids is 1. The van der Waals surface area contributed by atoms with E-state index in [0.29, 0.717) is 24.2 Å². The maximum Gasteiger partial charge on any atom is 0.162 e. The molecule has 5 rings (SSSR count). The number of aryl methyl sites for hydroxylation is 4. The van der Waals surface area contributed by atoms with Crippen LogP contribution >= 0.6 is 11.8 Å². The van der Waals surface area contributed by atoms with Crippen molar-refractivity contribution >= 4 is 23.2 Å². The molecule has 1 aliphatic heterocycles. The summed E-state index contributed by atoms with van der Waals surface area (Å²) in [5, 5.41) is 10.6. The summed E-state index contributed by atoms with van der Waals surface area (Å²) in [4.78, 5) is 17.3. The molecule has 0 spiro atoms. The number of nitriles is 1. The van der Waals surface area contributed by atoms with E-state index in [2.05, 4.69) is 96.1 Å². The molecule has 1 heterocycles. The topological polar surface area (TPSA) is 70.1 Å². The lowest BCUT2D eigenvalue weighted by Gasteiger charge is -2.44. The second kappa shape index (κ2) is 11.3. The molecule has 1 atom stereocenters. The monoisotopic (exact) mass is 561 g/mol. The average molecular weight is 562 g/mol. The Balaban J connectivity index is 1.67. The summed E-state index contributed by atoms with van der Waals surface area (Å²) in [6, 6.07) is 23.6. The van der Waals surface area contributed by atoms with Crippen LogP contribution in [-0.4, -0.2) is 5.78 Å². The minimum Gasteiger partial charge on any atom is -0.384 e. The molecule has 5 heteroatoms. The van der Waals surface area contributed by atoms with Gasteiger partial charge in [-0.2, -0.15) is 5.26 Å². The number of para-hydroxylation sites is 1. The predicted molar refractivity (Wildman–Crippen MR) is 170 cm³/mol. The van der Waals surface area contributed by atoms with E-state index in [4.69, 9.17) is 5.73 Å². The van der Waals surface area contributed by atoms with Crippen LogP contribution in [0, 0.1) is 37.5 Å². The summed E-state index contributed by atoms with van der Waals surface area (Å²) in [7, 11) is 0. The Labute approximate surface area is 249 Å². The van der Waals surface area contributed by atoms with Gasteiger partial charge in [0, 0.05) is 28.3 Å². The molecule has 2 N–H and O–H groups in total. The van der Waals surface area contributed by atoms with Crippen molar-refractivity contribution in [2.75, 3.05) is 4.90 Å². The molecule has 0 amide bonds. The van der Waals surface area contributed by atoms with Crippen LogP contribution < -0.4 is 10.6 Å². The molecule has 0 saturated carbocycles. The largest absolute Gasteiger partial charge is 0.384 e. The number of ketones is 1. The molecule has 4 nitrogen and oxygen atoms in total. The molecule has 3 aromatic rings. The highest BCUT2D eigenvalue weighted by Crippen LogP contribution is 2.51. The van der Waals surface area contributed by atoms with Crippen LogP contribution in [0.2, 0.25) is 0 Å². The molecular formula is C36H39N3OS. The maximum absolute atomic E-state index is 14.1. The van der Waals surface area contributed by atoms with Gasteiger partial charge in [-0.3, -0.25) is 9.69 Å². The van der Waals surface area contributed by atoms with Crippen molar-refractivity contribution in [3.8, 4) is 6.07 Å². The highest BCUT2D eigenvalue weighted by Gasteiger charge is 2.45. The summed E-state index contributed by atoms with van der Waals surface area (Å²) < 4.78 is 0. The smallest absolute Gasteiger partial charge is 0.162 e. The molecule has 1 aliphatic carbocycles. The second-order valence-corrected chi connectivity index (χ2v) is 13.2. The minimum atomic E-state index is -0.479. The normalized spacial score (nSPS) is 18.4. The van der Waals surface area contributed by atoms with E-state index in [1.54, 1.807) is 11.8 Å². The summed E-state index contributed by atoms with van der Waals surface area (Å²) >= 11 is 1.80. The van der Waals surface area contributed by atoms with Crippen LogP contribution in [0.15, 0.2) is 88.2 Å². The molecule has 41 heavy (non-hydrogen) atoms. The third kappa shape index (κ3) is 5.46. The lowest BCUT2D eigenvalue weighted by Crippen LogP contribution is -2.42. The number of allylic oxidation sites excluding steroid dienone is 3. The zero-order chi connectivity index (χ0) is 29.5. The van der Waals surface area contributed by atoms with Crippen LogP contribution in [-0.2, 0) is 17.0 Å². The Bertz CT molecular complexity index is 1620. The quantitative estimate of drug-likeness (QED) is 0.306. The van der Waals surface area contributed by atoms with Gasteiger partial charge >= 0.3 is 0 Å². The Morgan fingerprint density at radius 3 is 2.39 bits per heavy atom. The Morgan fingerprint density at radius 1 is 1.00 bits per heavy atom. The van der Waals surface area contributed by atoms with Gasteiger partial charge in [0.05, 0.1) is 23.2 Å². The summed E-state index contributed by atoms with van der Waals surface area (Å²) in [6.45, 7) is 12.7. The second-order valence-electron chi connectivity index (χ2n) is 12.2. The molecule has 0 radical (unpaired) electrons. The number of nitrogens with two attached hydrogens (primary N) is 1. The number of Topliss-reactive ketones (excluding diaryl/α,β-unsaturated/α-hetero) is 1.